The number of benzene rings is 4. The fraction of sp³-hybridized carbons (Fsp3) is 0.250. The molecular formula is C40H38BBrN2O5. The molecule has 0 aromatic heterocycles. The van der Waals surface area contributed by atoms with Crippen LogP contribution >= 0.6 is 15.9 Å². The van der Waals surface area contributed by atoms with Crippen LogP contribution in [0.15, 0.2) is 119 Å². The van der Waals surface area contributed by atoms with Gasteiger partial charge in [-0.1, -0.05) is 77.0 Å². The number of carbonyl (C=O) groups is 2. The zero-order chi connectivity index (χ0) is 34.1. The summed E-state index contributed by atoms with van der Waals surface area (Å²) in [6.45, 7) is 2.09. The van der Waals surface area contributed by atoms with Gasteiger partial charge < -0.3 is 20.1 Å². The van der Waals surface area contributed by atoms with Crippen LogP contribution in [0.5, 0.6) is 5.75 Å². The van der Waals surface area contributed by atoms with E-state index in [0.717, 1.165) is 44.6 Å². The van der Waals surface area contributed by atoms with E-state index in [0.29, 0.717) is 30.5 Å². The number of aromatic hydroxyl groups is 1. The third-order valence-electron chi connectivity index (χ3n) is 10.1. The Hall–Kier alpha value is -4.44. The van der Waals surface area contributed by atoms with E-state index in [2.05, 4.69) is 28.2 Å². The number of hydrogen-bond donors (Lipinski definition) is 3. The van der Waals surface area contributed by atoms with Gasteiger partial charge in [0.25, 0.3) is 0 Å². The number of imide groups is 1. The van der Waals surface area contributed by atoms with Gasteiger partial charge in [0.1, 0.15) is 5.75 Å². The third-order valence-corrected chi connectivity index (χ3v) is 10.6. The Balaban J connectivity index is 1.15. The summed E-state index contributed by atoms with van der Waals surface area (Å²) in [5.41, 5.74) is 7.32. The zero-order valence-corrected chi connectivity index (χ0v) is 28.8. The number of carbonyl (C=O) groups excluding carboxylic acids is 2. The molecule has 7 rings (SSSR count). The molecule has 9 heteroatoms. The van der Waals surface area contributed by atoms with Crippen LogP contribution in [0.25, 0.3) is 11.6 Å². The number of hydrogen-bond acceptors (Lipinski definition) is 6. The molecule has 0 unspecified atom stereocenters. The number of fused-ring (bicyclic) bond motifs is 3. The number of halogens is 1. The van der Waals surface area contributed by atoms with Crippen LogP contribution in [-0.2, 0) is 14.2 Å². The fourth-order valence-electron chi connectivity index (χ4n) is 7.81. The van der Waals surface area contributed by atoms with Crippen molar-refractivity contribution in [2.24, 2.45) is 17.8 Å². The average molecular weight is 717 g/mol. The molecule has 0 bridgehead atoms. The highest BCUT2D eigenvalue weighted by Crippen LogP contribution is 2.52. The molecule has 3 N–H and O–H groups in total. The summed E-state index contributed by atoms with van der Waals surface area (Å²) in [6, 6.07) is 32.6. The molecule has 0 radical (unpaired) electrons. The van der Waals surface area contributed by atoms with Crippen LogP contribution in [0.4, 0.5) is 17.1 Å². The van der Waals surface area contributed by atoms with E-state index in [-0.39, 0.29) is 29.8 Å². The van der Waals surface area contributed by atoms with Crippen molar-refractivity contribution < 1.29 is 24.4 Å². The maximum absolute atomic E-state index is 14.2. The van der Waals surface area contributed by atoms with Gasteiger partial charge in [0.2, 0.25) is 11.8 Å². The minimum Gasteiger partial charge on any atom is -0.507 e. The third kappa shape index (κ3) is 6.75. The molecule has 2 fully saturated rings. The first-order chi connectivity index (χ1) is 23.8. The van der Waals surface area contributed by atoms with Gasteiger partial charge in [0, 0.05) is 21.4 Å². The van der Waals surface area contributed by atoms with E-state index in [1.54, 1.807) is 12.1 Å². The van der Waals surface area contributed by atoms with E-state index in [4.69, 9.17) is 4.65 Å². The van der Waals surface area contributed by atoms with Crippen molar-refractivity contribution in [3.05, 3.63) is 130 Å². The topological polar surface area (TPSA) is 99.1 Å². The second-order valence-electron chi connectivity index (χ2n) is 13.0. The van der Waals surface area contributed by atoms with E-state index in [1.165, 1.54) is 4.90 Å². The Labute approximate surface area is 295 Å². The van der Waals surface area contributed by atoms with Crippen molar-refractivity contribution in [1.82, 2.24) is 0 Å². The first kappa shape index (κ1) is 33.1. The number of amides is 2. The molecule has 0 spiro atoms. The highest BCUT2D eigenvalue weighted by Gasteiger charge is 2.57. The quantitative estimate of drug-likeness (QED) is 0.0695. The number of rotatable bonds is 9. The van der Waals surface area contributed by atoms with Gasteiger partial charge in [0.05, 0.1) is 23.6 Å². The van der Waals surface area contributed by atoms with Crippen molar-refractivity contribution in [1.29, 1.82) is 0 Å². The fourth-order valence-corrected chi connectivity index (χ4v) is 8.19. The molecule has 7 nitrogen and oxygen atoms in total. The van der Waals surface area contributed by atoms with Crippen molar-refractivity contribution in [2.45, 2.75) is 45.0 Å². The van der Waals surface area contributed by atoms with Crippen LogP contribution in [0, 0.1) is 17.8 Å². The molecule has 2 heterocycles. The van der Waals surface area contributed by atoms with E-state index >= 15 is 0 Å². The van der Waals surface area contributed by atoms with E-state index in [9.17, 15) is 19.7 Å². The minimum absolute atomic E-state index is 0.176. The van der Waals surface area contributed by atoms with Gasteiger partial charge in [-0.2, -0.15) is 0 Å². The Morgan fingerprint density at radius 3 is 2.35 bits per heavy atom. The second-order valence-corrected chi connectivity index (χ2v) is 13.9. The SMILES string of the molecule is CCC1=C2[C@@H](CC/C(=C/c3cc(Br)ccc3O)c3ccccc3)OB(O)C[C@@H]2[C@@H]2C(=O)N(c3ccc(Nc4ccccc4)cc3)C(=O)[C@@H]2C1. The van der Waals surface area contributed by atoms with Gasteiger partial charge in [-0.25, -0.2) is 0 Å². The maximum Gasteiger partial charge on any atom is 0.455 e. The number of nitrogens with one attached hydrogen (secondary N) is 1. The summed E-state index contributed by atoms with van der Waals surface area (Å²) in [4.78, 5) is 29.5. The predicted molar refractivity (Wildman–Crippen MR) is 198 cm³/mol. The van der Waals surface area contributed by atoms with E-state index < -0.39 is 25.1 Å². The molecule has 248 valence electrons. The van der Waals surface area contributed by atoms with Gasteiger partial charge in [-0.3, -0.25) is 14.5 Å². The average Bonchev–Trinajstić information content (AvgIpc) is 3.37. The van der Waals surface area contributed by atoms with Gasteiger partial charge in [-0.15, -0.1) is 0 Å². The molecule has 2 amide bonds. The number of anilines is 3. The Morgan fingerprint density at radius 1 is 0.939 bits per heavy atom. The lowest BCUT2D eigenvalue weighted by Crippen LogP contribution is -2.46. The lowest BCUT2D eigenvalue weighted by molar-refractivity contribution is -0.122. The smallest absolute Gasteiger partial charge is 0.455 e. The van der Waals surface area contributed by atoms with Crippen molar-refractivity contribution in [2.75, 3.05) is 10.2 Å². The largest absolute Gasteiger partial charge is 0.507 e. The van der Waals surface area contributed by atoms with Crippen molar-refractivity contribution in [3.8, 4) is 5.75 Å². The lowest BCUT2D eigenvalue weighted by Gasteiger charge is -2.43. The van der Waals surface area contributed by atoms with Crippen molar-refractivity contribution >= 4 is 63.6 Å². The molecule has 4 aromatic rings. The summed E-state index contributed by atoms with van der Waals surface area (Å²) >= 11 is 3.52. The summed E-state index contributed by atoms with van der Waals surface area (Å²) in [5.74, 6) is -1.51. The number of phenols is 1. The molecule has 2 aliphatic heterocycles. The second kappa shape index (κ2) is 14.2. The molecule has 2 saturated heterocycles. The van der Waals surface area contributed by atoms with Gasteiger partial charge in [0.15, 0.2) is 0 Å². The van der Waals surface area contributed by atoms with Crippen molar-refractivity contribution in [3.63, 3.8) is 0 Å². The summed E-state index contributed by atoms with van der Waals surface area (Å²) in [5, 5.41) is 25.0. The Bertz CT molecular complexity index is 1910. The minimum atomic E-state index is -1.05. The Morgan fingerprint density at radius 2 is 1.63 bits per heavy atom. The van der Waals surface area contributed by atoms with Crippen LogP contribution in [-0.4, -0.2) is 35.2 Å². The summed E-state index contributed by atoms with van der Waals surface area (Å²) < 4.78 is 7.11. The number of allylic oxidation sites excluding steroid dienone is 2. The molecule has 4 aromatic carbocycles. The van der Waals surface area contributed by atoms with Crippen LogP contribution in [0.2, 0.25) is 6.32 Å². The number of phenolic OH excluding ortho intramolecular Hbond substituents is 1. The number of para-hydroxylation sites is 1. The first-order valence-electron chi connectivity index (χ1n) is 16.9. The highest BCUT2D eigenvalue weighted by atomic mass is 79.9. The molecule has 49 heavy (non-hydrogen) atoms. The van der Waals surface area contributed by atoms with E-state index in [1.807, 2.05) is 97.1 Å². The summed E-state index contributed by atoms with van der Waals surface area (Å²) in [7, 11) is -1.05. The standard InChI is InChI=1S/C40H38BBrN2O5/c1-2-25-23-33-38(40(47)44(39(33)46)32-17-15-31(16-18-32)43-30-11-7-4-8-12-30)34-24-41(48)49-36(37(25)34)20-13-27(26-9-5-3-6-10-26)21-28-22-29(42)14-19-35(28)45/h3-12,14-19,21-22,33-34,36,38,43,45,48H,2,13,20,23-24H2,1H3/b27-21-/t33-,34+,36-,38-/m1/s1. The monoisotopic (exact) mass is 716 g/mol. The summed E-state index contributed by atoms with van der Waals surface area (Å²) in [6.07, 6.45) is 4.28. The zero-order valence-electron chi connectivity index (χ0n) is 27.3. The highest BCUT2D eigenvalue weighted by molar-refractivity contribution is 9.10. The molecule has 1 aliphatic carbocycles. The normalized spacial score (nSPS) is 22.3. The molecule has 3 aliphatic rings. The molecule has 4 atom stereocenters. The predicted octanol–water partition coefficient (Wildman–Crippen LogP) is 8.63. The van der Waals surface area contributed by atoms with Gasteiger partial charge in [-0.05, 0) is 115 Å². The van der Waals surface area contributed by atoms with Crippen LogP contribution < -0.4 is 10.2 Å². The molecular weight excluding hydrogens is 679 g/mol. The number of nitrogens with zero attached hydrogens (tertiary/aromatic N) is 1. The van der Waals surface area contributed by atoms with Crippen LogP contribution in [0.1, 0.15) is 43.7 Å². The van der Waals surface area contributed by atoms with Gasteiger partial charge >= 0.3 is 7.12 Å². The first-order valence-corrected chi connectivity index (χ1v) is 17.7. The van der Waals surface area contributed by atoms with Crippen LogP contribution in [0.3, 0.4) is 0 Å². The lowest BCUT2D eigenvalue weighted by atomic mass is 9.58. The Kier molecular flexibility index (Phi) is 9.58. The maximum atomic E-state index is 14.2. The molecule has 0 saturated carbocycles.